The number of pyridine rings is 1. The molecule has 1 aliphatic carbocycles. The zero-order chi connectivity index (χ0) is 21.3. The molecule has 0 radical (unpaired) electrons. The summed E-state index contributed by atoms with van der Waals surface area (Å²) in [6.45, 7) is 4.86. The average Bonchev–Trinajstić information content (AvgIpc) is 3.21. The number of nitrogens with zero attached hydrogens (tertiary/aromatic N) is 3. The van der Waals surface area contributed by atoms with Gasteiger partial charge in [-0.15, -0.1) is 0 Å². The molecule has 0 N–H and O–H groups in total. The van der Waals surface area contributed by atoms with E-state index >= 15 is 0 Å². The van der Waals surface area contributed by atoms with Gasteiger partial charge in [0.2, 0.25) is 5.88 Å². The Morgan fingerprint density at radius 2 is 2.17 bits per heavy atom. The van der Waals surface area contributed by atoms with Gasteiger partial charge in [0.15, 0.2) is 5.13 Å². The molecule has 2 fully saturated rings. The molecule has 1 atom stereocenters. The molecule has 2 aromatic rings. The van der Waals surface area contributed by atoms with Gasteiger partial charge in [-0.25, -0.2) is 18.7 Å². The number of ketones is 1. The monoisotopic (exact) mass is 439 g/mol. The highest BCUT2D eigenvalue weighted by Crippen LogP contribution is 2.36. The van der Waals surface area contributed by atoms with Crippen LogP contribution in [0.15, 0.2) is 12.1 Å². The second kappa shape index (κ2) is 8.70. The average molecular weight is 440 g/mol. The van der Waals surface area contributed by atoms with Crippen molar-refractivity contribution in [3.05, 3.63) is 12.1 Å². The Bertz CT molecular complexity index is 901. The fraction of sp³-hybridized carbons (Fsp3) is 0.667. The number of Topliss-reactive ketones (excluding diaryl/α,β-unsaturated/α-hetero) is 1. The number of fused-ring (bicyclic) bond motifs is 1. The molecule has 4 rings (SSSR count). The minimum Gasteiger partial charge on any atom is -0.477 e. The van der Waals surface area contributed by atoms with Gasteiger partial charge in [0.1, 0.15) is 16.1 Å². The fourth-order valence-electron chi connectivity index (χ4n) is 3.90. The second-order valence-corrected chi connectivity index (χ2v) is 9.57. The second-order valence-electron chi connectivity index (χ2n) is 8.61. The first-order chi connectivity index (χ1) is 14.3. The molecule has 0 bridgehead atoms. The Labute approximate surface area is 178 Å². The topological polar surface area (TPSA) is 64.6 Å². The Morgan fingerprint density at radius 3 is 2.87 bits per heavy atom. The first-order valence-corrected chi connectivity index (χ1v) is 11.2. The van der Waals surface area contributed by atoms with Crippen LogP contribution in [0.4, 0.5) is 13.9 Å². The maximum absolute atomic E-state index is 13.5. The van der Waals surface area contributed by atoms with E-state index in [9.17, 15) is 13.6 Å². The molecule has 2 aliphatic rings. The lowest BCUT2D eigenvalue weighted by atomic mass is 9.83. The van der Waals surface area contributed by atoms with Crippen molar-refractivity contribution in [2.45, 2.75) is 51.6 Å². The van der Waals surface area contributed by atoms with Gasteiger partial charge in [-0.05, 0) is 37.7 Å². The molecular weight excluding hydrogens is 412 g/mol. The van der Waals surface area contributed by atoms with Crippen molar-refractivity contribution in [3.63, 3.8) is 0 Å². The number of ether oxygens (including phenoxy) is 2. The number of rotatable bonds is 9. The number of carbonyl (C=O) groups excluding carboxylic acids is 1. The van der Waals surface area contributed by atoms with Crippen LogP contribution in [0, 0.1) is 11.8 Å². The highest BCUT2D eigenvalue weighted by atomic mass is 32.1. The van der Waals surface area contributed by atoms with Crippen LogP contribution in [-0.4, -0.2) is 54.1 Å². The standard InChI is InChI=1S/C21H27F2N3O3S/c1-13(7-14(2)27)10-28-16-8-15(9-16)11-29-18-4-3-17-19(25-18)30-20(24-17)26-6-5-21(22,23)12-26/h3-4,13,15-16H,5-12H2,1-2H3/t13-,15?,16?/m1/s1. The van der Waals surface area contributed by atoms with Crippen LogP contribution in [0.25, 0.3) is 10.3 Å². The summed E-state index contributed by atoms with van der Waals surface area (Å²) in [4.78, 5) is 22.4. The zero-order valence-electron chi connectivity index (χ0n) is 17.3. The molecule has 0 unspecified atom stereocenters. The Kier molecular flexibility index (Phi) is 6.20. The van der Waals surface area contributed by atoms with Gasteiger partial charge in [-0.3, -0.25) is 0 Å². The molecular formula is C21H27F2N3O3S. The van der Waals surface area contributed by atoms with Gasteiger partial charge in [0.25, 0.3) is 5.92 Å². The molecule has 0 amide bonds. The van der Waals surface area contributed by atoms with E-state index in [1.165, 1.54) is 11.3 Å². The maximum Gasteiger partial charge on any atom is 0.267 e. The molecule has 164 valence electrons. The van der Waals surface area contributed by atoms with Gasteiger partial charge in [-0.2, -0.15) is 0 Å². The molecule has 1 saturated carbocycles. The number of halogens is 2. The van der Waals surface area contributed by atoms with Crippen molar-refractivity contribution in [2.24, 2.45) is 11.8 Å². The van der Waals surface area contributed by atoms with Crippen molar-refractivity contribution >= 4 is 32.6 Å². The van der Waals surface area contributed by atoms with E-state index < -0.39 is 5.92 Å². The lowest BCUT2D eigenvalue weighted by Gasteiger charge is -2.35. The fourth-order valence-corrected chi connectivity index (χ4v) is 4.86. The molecule has 1 saturated heterocycles. The quantitative estimate of drug-likeness (QED) is 0.580. The number of aromatic nitrogens is 2. The van der Waals surface area contributed by atoms with Crippen molar-refractivity contribution in [1.82, 2.24) is 9.97 Å². The first kappa shape index (κ1) is 21.4. The SMILES string of the molecule is CC(=O)C[C@@H](C)COC1CC(COc2ccc3nc(N4CCC(F)(F)C4)sc3n2)C1. The third kappa shape index (κ3) is 5.24. The number of hydrogen-bond donors (Lipinski definition) is 0. The smallest absolute Gasteiger partial charge is 0.267 e. The van der Waals surface area contributed by atoms with E-state index in [4.69, 9.17) is 9.47 Å². The number of anilines is 1. The number of carbonyl (C=O) groups is 1. The largest absolute Gasteiger partial charge is 0.477 e. The van der Waals surface area contributed by atoms with Crippen molar-refractivity contribution in [2.75, 3.05) is 31.2 Å². The minimum atomic E-state index is -2.64. The predicted molar refractivity (Wildman–Crippen MR) is 112 cm³/mol. The Balaban J connectivity index is 1.23. The van der Waals surface area contributed by atoms with Crippen LogP contribution in [0.3, 0.4) is 0 Å². The molecule has 30 heavy (non-hydrogen) atoms. The Morgan fingerprint density at radius 1 is 1.37 bits per heavy atom. The van der Waals surface area contributed by atoms with E-state index in [-0.39, 0.29) is 30.8 Å². The molecule has 3 heterocycles. The van der Waals surface area contributed by atoms with Gasteiger partial charge in [-0.1, -0.05) is 18.3 Å². The lowest BCUT2D eigenvalue weighted by Crippen LogP contribution is -2.36. The van der Waals surface area contributed by atoms with Gasteiger partial charge < -0.3 is 19.2 Å². The number of hydrogen-bond acceptors (Lipinski definition) is 7. The summed E-state index contributed by atoms with van der Waals surface area (Å²) < 4.78 is 38.6. The van der Waals surface area contributed by atoms with E-state index in [0.717, 1.165) is 12.8 Å². The van der Waals surface area contributed by atoms with Gasteiger partial charge >= 0.3 is 0 Å². The lowest BCUT2D eigenvalue weighted by molar-refractivity contribution is -0.119. The summed E-state index contributed by atoms with van der Waals surface area (Å²) in [5.74, 6) is -1.23. The van der Waals surface area contributed by atoms with Crippen LogP contribution < -0.4 is 9.64 Å². The maximum atomic E-state index is 13.5. The summed E-state index contributed by atoms with van der Waals surface area (Å²) in [6, 6.07) is 3.61. The van der Waals surface area contributed by atoms with Crippen LogP contribution in [0.5, 0.6) is 5.88 Å². The normalized spacial score (nSPS) is 24.1. The van der Waals surface area contributed by atoms with E-state index in [1.54, 1.807) is 17.9 Å². The summed E-state index contributed by atoms with van der Waals surface area (Å²) in [5, 5.41) is 0.588. The summed E-state index contributed by atoms with van der Waals surface area (Å²) in [7, 11) is 0. The molecule has 6 nitrogen and oxygen atoms in total. The van der Waals surface area contributed by atoms with Crippen molar-refractivity contribution in [1.29, 1.82) is 0 Å². The van der Waals surface area contributed by atoms with Gasteiger partial charge in [0.05, 0.1) is 19.3 Å². The van der Waals surface area contributed by atoms with Crippen LogP contribution in [0.1, 0.15) is 39.5 Å². The highest BCUT2D eigenvalue weighted by molar-refractivity contribution is 7.21. The molecule has 1 aliphatic heterocycles. The molecule has 0 aromatic carbocycles. The van der Waals surface area contributed by atoms with Crippen LogP contribution in [-0.2, 0) is 9.53 Å². The molecule has 9 heteroatoms. The van der Waals surface area contributed by atoms with E-state index in [0.29, 0.717) is 53.5 Å². The summed E-state index contributed by atoms with van der Waals surface area (Å²) >= 11 is 1.32. The summed E-state index contributed by atoms with van der Waals surface area (Å²) in [5.41, 5.74) is 0.703. The van der Waals surface area contributed by atoms with Crippen LogP contribution in [0.2, 0.25) is 0 Å². The third-order valence-electron chi connectivity index (χ3n) is 5.57. The molecule has 0 spiro atoms. The van der Waals surface area contributed by atoms with E-state index in [2.05, 4.69) is 9.97 Å². The van der Waals surface area contributed by atoms with Crippen molar-refractivity contribution < 1.29 is 23.0 Å². The van der Waals surface area contributed by atoms with Crippen molar-refractivity contribution in [3.8, 4) is 5.88 Å². The predicted octanol–water partition coefficient (Wildman–Crippen LogP) is 4.33. The third-order valence-corrected chi connectivity index (χ3v) is 6.60. The van der Waals surface area contributed by atoms with Crippen LogP contribution >= 0.6 is 11.3 Å². The summed E-state index contributed by atoms with van der Waals surface area (Å²) in [6.07, 6.45) is 2.57. The number of alkyl halides is 2. The first-order valence-electron chi connectivity index (χ1n) is 10.4. The number of thiazole rings is 1. The Hall–Kier alpha value is -1.87. The highest BCUT2D eigenvalue weighted by Gasteiger charge is 2.39. The molecule has 2 aromatic heterocycles. The minimum absolute atomic E-state index is 0.132. The van der Waals surface area contributed by atoms with E-state index in [1.807, 2.05) is 13.0 Å². The zero-order valence-corrected chi connectivity index (χ0v) is 18.1. The van der Waals surface area contributed by atoms with Gasteiger partial charge in [0, 0.05) is 32.1 Å².